The van der Waals surface area contributed by atoms with Crippen LogP contribution in [0, 0.1) is 10.1 Å². The zero-order valence-electron chi connectivity index (χ0n) is 15.7. The van der Waals surface area contributed by atoms with E-state index in [1.807, 2.05) is 0 Å². The number of fused-ring (bicyclic) bond motifs is 1. The van der Waals surface area contributed by atoms with Gasteiger partial charge in [0.1, 0.15) is 5.75 Å². The molecule has 1 heterocycles. The van der Waals surface area contributed by atoms with Gasteiger partial charge in [-0.05, 0) is 36.4 Å². The van der Waals surface area contributed by atoms with Crippen molar-refractivity contribution in [2.45, 2.75) is 23.1 Å². The number of nitro benzene ring substituents is 1. The molecule has 1 aliphatic heterocycles. The smallest absolute Gasteiger partial charge is 0.271 e. The molecule has 0 atom stereocenters. The minimum absolute atomic E-state index is 0.0468. The average Bonchev–Trinajstić information content (AvgIpc) is 2.89. The minimum atomic E-state index is -4.08. The van der Waals surface area contributed by atoms with Crippen molar-refractivity contribution in [3.8, 4) is 5.75 Å². The summed E-state index contributed by atoms with van der Waals surface area (Å²) >= 11 is 1.56. The van der Waals surface area contributed by atoms with E-state index < -0.39 is 14.9 Å². The second-order valence-corrected chi connectivity index (χ2v) is 9.07. The van der Waals surface area contributed by atoms with Crippen LogP contribution < -0.4 is 14.4 Å². The molecule has 3 rings (SSSR count). The third-order valence-electron chi connectivity index (χ3n) is 4.33. The summed E-state index contributed by atoms with van der Waals surface area (Å²) in [4.78, 5) is 24.8. The lowest BCUT2D eigenvalue weighted by Gasteiger charge is -2.21. The number of ether oxygens (including phenoxy) is 1. The van der Waals surface area contributed by atoms with Crippen LogP contribution in [0.1, 0.15) is 13.3 Å². The van der Waals surface area contributed by atoms with Crippen LogP contribution in [0.2, 0.25) is 0 Å². The van der Waals surface area contributed by atoms with Crippen molar-refractivity contribution < 1.29 is 22.9 Å². The minimum Gasteiger partial charge on any atom is -0.495 e. The molecule has 0 fully saturated rings. The number of sulfonamides is 1. The van der Waals surface area contributed by atoms with Crippen LogP contribution in [-0.4, -0.2) is 38.7 Å². The molecule has 0 radical (unpaired) electrons. The Hall–Kier alpha value is -2.79. The number of hydrogen-bond donors (Lipinski definition) is 1. The van der Waals surface area contributed by atoms with E-state index in [1.165, 1.54) is 38.3 Å². The molecular weight excluding hydrogens is 418 g/mol. The van der Waals surface area contributed by atoms with Gasteiger partial charge < -0.3 is 9.64 Å². The Bertz CT molecular complexity index is 1070. The van der Waals surface area contributed by atoms with Crippen molar-refractivity contribution in [1.29, 1.82) is 0 Å². The number of non-ortho nitro benzene ring substituents is 1. The van der Waals surface area contributed by atoms with Gasteiger partial charge in [0.2, 0.25) is 5.91 Å². The number of hydrogen-bond acceptors (Lipinski definition) is 7. The Kier molecular flexibility index (Phi) is 5.99. The first-order chi connectivity index (χ1) is 13.7. The molecule has 1 aliphatic rings. The molecule has 0 aliphatic carbocycles. The van der Waals surface area contributed by atoms with Gasteiger partial charge >= 0.3 is 0 Å². The molecule has 9 nitrogen and oxygen atoms in total. The van der Waals surface area contributed by atoms with E-state index in [2.05, 4.69) is 4.72 Å². The molecule has 2 aromatic carbocycles. The van der Waals surface area contributed by atoms with Gasteiger partial charge in [0.25, 0.3) is 15.7 Å². The zero-order chi connectivity index (χ0) is 21.2. The van der Waals surface area contributed by atoms with Crippen LogP contribution in [-0.2, 0) is 14.8 Å². The number of carbonyl (C=O) groups is 1. The van der Waals surface area contributed by atoms with Crippen LogP contribution in [0.4, 0.5) is 17.1 Å². The maximum Gasteiger partial charge on any atom is 0.271 e. The van der Waals surface area contributed by atoms with Gasteiger partial charge in [0.05, 0.1) is 28.3 Å². The first-order valence-electron chi connectivity index (χ1n) is 8.63. The highest BCUT2D eigenvalue weighted by molar-refractivity contribution is 7.99. The number of nitro groups is 1. The van der Waals surface area contributed by atoms with Crippen LogP contribution in [0.25, 0.3) is 0 Å². The van der Waals surface area contributed by atoms with Crippen LogP contribution >= 0.6 is 11.8 Å². The fraction of sp³-hybridized carbons (Fsp3) is 0.278. The van der Waals surface area contributed by atoms with Crippen molar-refractivity contribution in [1.82, 2.24) is 0 Å². The van der Waals surface area contributed by atoms with Gasteiger partial charge in [0, 0.05) is 30.5 Å². The van der Waals surface area contributed by atoms with E-state index in [0.29, 0.717) is 12.2 Å². The number of anilines is 2. The highest BCUT2D eigenvalue weighted by atomic mass is 32.2. The number of methoxy groups -OCH3 is 1. The molecule has 1 amide bonds. The van der Waals surface area contributed by atoms with E-state index in [9.17, 15) is 23.3 Å². The number of thioether (sulfide) groups is 1. The number of amides is 1. The van der Waals surface area contributed by atoms with Gasteiger partial charge in [-0.25, -0.2) is 8.42 Å². The van der Waals surface area contributed by atoms with Crippen molar-refractivity contribution in [2.75, 3.05) is 29.0 Å². The molecule has 0 saturated carbocycles. The number of carbonyl (C=O) groups excluding carboxylic acids is 1. The maximum atomic E-state index is 13.0. The lowest BCUT2D eigenvalue weighted by molar-refractivity contribution is -0.384. The normalized spacial score (nSPS) is 13.9. The first kappa shape index (κ1) is 20.9. The largest absolute Gasteiger partial charge is 0.495 e. The first-order valence-corrected chi connectivity index (χ1v) is 11.1. The van der Waals surface area contributed by atoms with Gasteiger partial charge in [0.15, 0.2) is 0 Å². The molecule has 0 bridgehead atoms. The van der Waals surface area contributed by atoms with Crippen LogP contribution in [0.3, 0.4) is 0 Å². The molecule has 11 heteroatoms. The number of benzene rings is 2. The van der Waals surface area contributed by atoms with E-state index in [1.54, 1.807) is 22.7 Å². The van der Waals surface area contributed by atoms with Crippen molar-refractivity contribution in [3.63, 3.8) is 0 Å². The molecule has 154 valence electrons. The maximum absolute atomic E-state index is 13.0. The Morgan fingerprint density at radius 2 is 2.03 bits per heavy atom. The monoisotopic (exact) mass is 437 g/mol. The highest BCUT2D eigenvalue weighted by Crippen LogP contribution is 2.37. The quantitative estimate of drug-likeness (QED) is 0.563. The highest BCUT2D eigenvalue weighted by Gasteiger charge is 2.24. The summed E-state index contributed by atoms with van der Waals surface area (Å²) in [7, 11) is -2.75. The third kappa shape index (κ3) is 4.46. The Balaban J connectivity index is 2.02. The molecule has 29 heavy (non-hydrogen) atoms. The Morgan fingerprint density at radius 3 is 2.69 bits per heavy atom. The average molecular weight is 437 g/mol. The Morgan fingerprint density at radius 1 is 1.28 bits per heavy atom. The second kappa shape index (κ2) is 8.29. The second-order valence-electron chi connectivity index (χ2n) is 6.25. The molecule has 0 aromatic heterocycles. The predicted molar refractivity (Wildman–Crippen MR) is 110 cm³/mol. The molecule has 1 N–H and O–H groups in total. The summed E-state index contributed by atoms with van der Waals surface area (Å²) < 4.78 is 33.4. The fourth-order valence-corrected chi connectivity index (χ4v) is 5.00. The molecule has 2 aromatic rings. The molecular formula is C18H19N3O6S2. The molecule has 0 spiro atoms. The summed E-state index contributed by atoms with van der Waals surface area (Å²) in [5.74, 6) is 0.804. The topological polar surface area (TPSA) is 119 Å². The summed E-state index contributed by atoms with van der Waals surface area (Å²) in [5, 5.41) is 11.0. The predicted octanol–water partition coefficient (Wildman–Crippen LogP) is 3.25. The molecule has 0 saturated heterocycles. The van der Waals surface area contributed by atoms with Gasteiger partial charge in [-0.3, -0.25) is 19.6 Å². The van der Waals surface area contributed by atoms with Crippen molar-refractivity contribution >= 4 is 44.8 Å². The van der Waals surface area contributed by atoms with E-state index in [4.69, 9.17) is 4.74 Å². The fourth-order valence-electron chi connectivity index (χ4n) is 2.94. The summed E-state index contributed by atoms with van der Waals surface area (Å²) in [6, 6.07) is 8.20. The van der Waals surface area contributed by atoms with Gasteiger partial charge in [-0.2, -0.15) is 0 Å². The summed E-state index contributed by atoms with van der Waals surface area (Å²) in [6.45, 7) is 1.94. The number of nitrogens with one attached hydrogen (secondary N) is 1. The summed E-state index contributed by atoms with van der Waals surface area (Å²) in [5.41, 5.74) is 0.216. The summed E-state index contributed by atoms with van der Waals surface area (Å²) in [6.07, 6.45) is 0.796. The Labute approximate surface area is 172 Å². The van der Waals surface area contributed by atoms with E-state index in [0.717, 1.165) is 23.1 Å². The van der Waals surface area contributed by atoms with Crippen molar-refractivity contribution in [2.24, 2.45) is 0 Å². The standard InChI is InChI=1S/C18H19N3O6S2/c1-12(22)20-8-3-9-28-18-7-5-14(11-16(18)20)29(25,26)19-15-10-13(21(23)24)4-6-17(15)27-2/h4-7,10-11,19H,3,8-9H2,1-2H3. The van der Waals surface area contributed by atoms with Crippen LogP contribution in [0.5, 0.6) is 5.75 Å². The van der Waals surface area contributed by atoms with E-state index in [-0.39, 0.29) is 27.9 Å². The lowest BCUT2D eigenvalue weighted by Crippen LogP contribution is -2.29. The van der Waals surface area contributed by atoms with Gasteiger partial charge in [-0.1, -0.05) is 0 Å². The SMILES string of the molecule is COc1ccc([N+](=O)[O-])cc1NS(=O)(=O)c1ccc2c(c1)N(C(C)=O)CCCS2. The molecule has 0 unspecified atom stereocenters. The lowest BCUT2D eigenvalue weighted by atomic mass is 10.2. The zero-order valence-corrected chi connectivity index (χ0v) is 17.4. The van der Waals surface area contributed by atoms with E-state index >= 15 is 0 Å². The van der Waals surface area contributed by atoms with Crippen molar-refractivity contribution in [3.05, 3.63) is 46.5 Å². The third-order valence-corrected chi connectivity index (χ3v) is 6.85. The van der Waals surface area contributed by atoms with Crippen LogP contribution in [0.15, 0.2) is 46.2 Å². The van der Waals surface area contributed by atoms with Gasteiger partial charge in [-0.15, -0.1) is 11.8 Å². The number of rotatable bonds is 5. The number of nitrogens with zero attached hydrogens (tertiary/aromatic N) is 2.